The molecule has 0 aliphatic carbocycles. The molecule has 0 unspecified atom stereocenters. The molecule has 0 bridgehead atoms. The number of phenolic OH excluding ortho intramolecular Hbond substituents is 1. The summed E-state index contributed by atoms with van der Waals surface area (Å²) in [6.45, 7) is 6.53. The van der Waals surface area contributed by atoms with Gasteiger partial charge in [0.05, 0.1) is 5.41 Å². The molecule has 0 amide bonds. The fourth-order valence-electron chi connectivity index (χ4n) is 1.07. The predicted octanol–water partition coefficient (Wildman–Crippen LogP) is 2.55. The van der Waals surface area contributed by atoms with Crippen molar-refractivity contribution in [3.8, 4) is 11.5 Å². The highest BCUT2D eigenvalue weighted by atomic mass is 16.5. The molecule has 92 valence electrons. The highest BCUT2D eigenvalue weighted by molar-refractivity contribution is 5.95. The van der Waals surface area contributed by atoms with E-state index in [4.69, 9.17) is 4.74 Å². The molecule has 0 saturated heterocycles. The molecule has 1 N–H and O–H groups in total. The summed E-state index contributed by atoms with van der Waals surface area (Å²) in [6, 6.07) is 4.18. The molecule has 0 aliphatic heterocycles. The second kappa shape index (κ2) is 4.57. The third kappa shape index (κ3) is 3.31. The van der Waals surface area contributed by atoms with Gasteiger partial charge in [-0.2, -0.15) is 0 Å². The first-order valence-electron chi connectivity index (χ1n) is 5.28. The highest BCUT2D eigenvalue weighted by Crippen LogP contribution is 2.29. The van der Waals surface area contributed by atoms with E-state index in [1.54, 1.807) is 20.8 Å². The zero-order valence-electron chi connectivity index (χ0n) is 10.4. The van der Waals surface area contributed by atoms with E-state index in [-0.39, 0.29) is 17.3 Å². The number of rotatable bonds is 2. The van der Waals surface area contributed by atoms with E-state index in [0.717, 1.165) is 0 Å². The Morgan fingerprint density at radius 2 is 1.82 bits per heavy atom. The molecule has 4 heteroatoms. The maximum Gasteiger partial charge on any atom is 0.316 e. The highest BCUT2D eigenvalue weighted by Gasteiger charge is 2.24. The molecule has 0 heterocycles. The van der Waals surface area contributed by atoms with Crippen LogP contribution in [-0.2, 0) is 4.79 Å². The summed E-state index contributed by atoms with van der Waals surface area (Å²) in [5.74, 6) is -0.767. The normalized spacial score (nSPS) is 11.1. The number of carbonyl (C=O) groups is 2. The van der Waals surface area contributed by atoms with Gasteiger partial charge in [-0.15, -0.1) is 0 Å². The lowest BCUT2D eigenvalue weighted by Crippen LogP contribution is -2.25. The predicted molar refractivity (Wildman–Crippen MR) is 63.2 cm³/mol. The van der Waals surface area contributed by atoms with E-state index in [1.807, 2.05) is 0 Å². The Balaban J connectivity index is 3.02. The molecule has 0 aromatic heterocycles. The van der Waals surface area contributed by atoms with Crippen molar-refractivity contribution in [3.63, 3.8) is 0 Å². The number of ketones is 1. The van der Waals surface area contributed by atoms with Gasteiger partial charge < -0.3 is 9.84 Å². The second-order valence-corrected chi connectivity index (χ2v) is 4.88. The molecule has 0 aliphatic rings. The van der Waals surface area contributed by atoms with Crippen LogP contribution in [0.5, 0.6) is 11.5 Å². The number of carbonyl (C=O) groups excluding carboxylic acids is 2. The van der Waals surface area contributed by atoms with Gasteiger partial charge in [-0.1, -0.05) is 0 Å². The Hall–Kier alpha value is -1.84. The van der Waals surface area contributed by atoms with Crippen LogP contribution in [0.15, 0.2) is 18.2 Å². The number of hydrogen-bond donors (Lipinski definition) is 1. The molecule has 0 fully saturated rings. The van der Waals surface area contributed by atoms with E-state index in [2.05, 4.69) is 0 Å². The van der Waals surface area contributed by atoms with Gasteiger partial charge in [-0.05, 0) is 45.9 Å². The number of aromatic hydroxyl groups is 1. The molecule has 1 aromatic rings. The summed E-state index contributed by atoms with van der Waals surface area (Å²) in [5, 5.41) is 9.54. The van der Waals surface area contributed by atoms with E-state index in [9.17, 15) is 14.7 Å². The van der Waals surface area contributed by atoms with Crippen LogP contribution in [-0.4, -0.2) is 16.9 Å². The van der Waals surface area contributed by atoms with E-state index < -0.39 is 11.4 Å². The average molecular weight is 236 g/mol. The molecule has 0 radical (unpaired) electrons. The number of Topliss-reactive ketones (excluding diaryl/α,β-unsaturated/α-hetero) is 1. The fourth-order valence-corrected chi connectivity index (χ4v) is 1.07. The molecule has 0 saturated carbocycles. The van der Waals surface area contributed by atoms with Gasteiger partial charge in [0.2, 0.25) is 0 Å². The van der Waals surface area contributed by atoms with Gasteiger partial charge in [-0.25, -0.2) is 0 Å². The van der Waals surface area contributed by atoms with Crippen molar-refractivity contribution in [3.05, 3.63) is 23.8 Å². The SMILES string of the molecule is CC(=O)c1ccc(O)c(OC(=O)C(C)(C)C)c1. The molecule has 0 spiro atoms. The Kier molecular flexibility index (Phi) is 3.56. The molecule has 0 atom stereocenters. The first-order chi connectivity index (χ1) is 7.71. The minimum absolute atomic E-state index is 0.0117. The van der Waals surface area contributed by atoms with Gasteiger partial charge in [0.25, 0.3) is 0 Å². The zero-order valence-corrected chi connectivity index (χ0v) is 10.4. The largest absolute Gasteiger partial charge is 0.504 e. The average Bonchev–Trinajstić information content (AvgIpc) is 2.19. The van der Waals surface area contributed by atoms with E-state index >= 15 is 0 Å². The van der Waals surface area contributed by atoms with Crippen molar-refractivity contribution in [2.24, 2.45) is 5.41 Å². The number of phenols is 1. The minimum Gasteiger partial charge on any atom is -0.504 e. The quantitative estimate of drug-likeness (QED) is 0.487. The van der Waals surface area contributed by atoms with Gasteiger partial charge >= 0.3 is 5.97 Å². The third-order valence-corrected chi connectivity index (χ3v) is 2.18. The smallest absolute Gasteiger partial charge is 0.316 e. The summed E-state index contributed by atoms with van der Waals surface area (Å²) in [6.07, 6.45) is 0. The van der Waals surface area contributed by atoms with E-state index in [0.29, 0.717) is 5.56 Å². The molecule has 17 heavy (non-hydrogen) atoms. The molecule has 1 rings (SSSR count). The molecular formula is C13H16O4. The topological polar surface area (TPSA) is 63.6 Å². The lowest BCUT2D eigenvalue weighted by Gasteiger charge is -2.17. The van der Waals surface area contributed by atoms with Crippen molar-refractivity contribution in [2.45, 2.75) is 27.7 Å². The lowest BCUT2D eigenvalue weighted by molar-refractivity contribution is -0.143. The van der Waals surface area contributed by atoms with Crippen LogP contribution in [0.1, 0.15) is 38.1 Å². The second-order valence-electron chi connectivity index (χ2n) is 4.88. The summed E-state index contributed by atoms with van der Waals surface area (Å²) in [7, 11) is 0. The van der Waals surface area contributed by atoms with Crippen LogP contribution in [0.3, 0.4) is 0 Å². The number of benzene rings is 1. The summed E-state index contributed by atoms with van der Waals surface area (Å²) in [5.41, 5.74) is -0.280. The number of ether oxygens (including phenoxy) is 1. The fraction of sp³-hybridized carbons (Fsp3) is 0.385. The Morgan fingerprint density at radius 1 is 1.24 bits per heavy atom. The molecular weight excluding hydrogens is 220 g/mol. The Morgan fingerprint density at radius 3 is 2.29 bits per heavy atom. The van der Waals surface area contributed by atoms with Crippen molar-refractivity contribution in [2.75, 3.05) is 0 Å². The number of hydrogen-bond acceptors (Lipinski definition) is 4. The summed E-state index contributed by atoms with van der Waals surface area (Å²) in [4.78, 5) is 22.8. The van der Waals surface area contributed by atoms with Gasteiger partial charge in [0.1, 0.15) is 0 Å². The van der Waals surface area contributed by atoms with Crippen LogP contribution in [0.2, 0.25) is 0 Å². The first kappa shape index (κ1) is 13.2. The van der Waals surface area contributed by atoms with Crippen molar-refractivity contribution in [1.82, 2.24) is 0 Å². The summed E-state index contributed by atoms with van der Waals surface area (Å²) >= 11 is 0. The first-order valence-corrected chi connectivity index (χ1v) is 5.28. The number of esters is 1. The maximum atomic E-state index is 11.6. The Labute approximate surface area is 100 Å². The third-order valence-electron chi connectivity index (χ3n) is 2.18. The van der Waals surface area contributed by atoms with Crippen LogP contribution in [0, 0.1) is 5.41 Å². The van der Waals surface area contributed by atoms with Crippen LogP contribution in [0.25, 0.3) is 0 Å². The van der Waals surface area contributed by atoms with Gasteiger partial charge in [0, 0.05) is 5.56 Å². The van der Waals surface area contributed by atoms with Crippen molar-refractivity contribution in [1.29, 1.82) is 0 Å². The minimum atomic E-state index is -0.668. The zero-order chi connectivity index (χ0) is 13.2. The van der Waals surface area contributed by atoms with Crippen molar-refractivity contribution >= 4 is 11.8 Å². The van der Waals surface area contributed by atoms with Crippen molar-refractivity contribution < 1.29 is 19.4 Å². The molecule has 4 nitrogen and oxygen atoms in total. The summed E-state index contributed by atoms with van der Waals surface area (Å²) < 4.78 is 5.06. The van der Waals surface area contributed by atoms with Crippen LogP contribution >= 0.6 is 0 Å². The van der Waals surface area contributed by atoms with Gasteiger partial charge in [0.15, 0.2) is 17.3 Å². The van der Waals surface area contributed by atoms with Crippen LogP contribution < -0.4 is 4.74 Å². The standard InChI is InChI=1S/C13H16O4/c1-8(14)9-5-6-10(15)11(7-9)17-12(16)13(2,3)4/h5-7,15H,1-4H3. The van der Waals surface area contributed by atoms with E-state index in [1.165, 1.54) is 25.1 Å². The van der Waals surface area contributed by atoms with Gasteiger partial charge in [-0.3, -0.25) is 9.59 Å². The monoisotopic (exact) mass is 236 g/mol. The molecule has 1 aromatic carbocycles. The lowest BCUT2D eigenvalue weighted by atomic mass is 9.97. The van der Waals surface area contributed by atoms with Crippen LogP contribution in [0.4, 0.5) is 0 Å². The maximum absolute atomic E-state index is 11.6. The Bertz CT molecular complexity index is 455.